The van der Waals surface area contributed by atoms with E-state index in [4.69, 9.17) is 14.7 Å². The highest BCUT2D eigenvalue weighted by atomic mass is 32.1. The van der Waals surface area contributed by atoms with Crippen molar-refractivity contribution in [2.24, 2.45) is 0 Å². The Labute approximate surface area is 160 Å². The van der Waals surface area contributed by atoms with Gasteiger partial charge in [-0.25, -0.2) is 15.0 Å². The summed E-state index contributed by atoms with van der Waals surface area (Å²) in [6.45, 7) is 12.0. The molecule has 0 spiro atoms. The molecule has 0 bridgehead atoms. The van der Waals surface area contributed by atoms with Crippen LogP contribution >= 0.6 is 11.3 Å². The maximum Gasteiger partial charge on any atom is 0.136 e. The smallest absolute Gasteiger partial charge is 0.136 e. The Bertz CT molecular complexity index is 698. The van der Waals surface area contributed by atoms with Crippen LogP contribution in [-0.2, 0) is 23.3 Å². The zero-order valence-corrected chi connectivity index (χ0v) is 17.1. The number of thiazole rings is 1. The van der Waals surface area contributed by atoms with E-state index in [9.17, 15) is 0 Å². The summed E-state index contributed by atoms with van der Waals surface area (Å²) in [6, 6.07) is 2.08. The molecule has 3 rings (SSSR count). The predicted octanol–water partition coefficient (Wildman–Crippen LogP) is 3.09. The molecule has 2 aromatic heterocycles. The molecule has 0 N–H and O–H groups in total. The van der Waals surface area contributed by atoms with Crippen molar-refractivity contribution in [1.82, 2.24) is 19.9 Å². The summed E-state index contributed by atoms with van der Waals surface area (Å²) in [5.74, 6) is 1.90. The molecule has 0 aromatic carbocycles. The summed E-state index contributed by atoms with van der Waals surface area (Å²) in [6.07, 6.45) is 1.12. The molecule has 3 heterocycles. The molecule has 0 amide bonds. The molecule has 2 aromatic rings. The molecule has 142 valence electrons. The third-order valence-corrected chi connectivity index (χ3v) is 5.15. The van der Waals surface area contributed by atoms with Crippen LogP contribution in [0.1, 0.15) is 44.4 Å². The lowest BCUT2D eigenvalue weighted by molar-refractivity contribution is 0.181. The van der Waals surface area contributed by atoms with Gasteiger partial charge in [-0.15, -0.1) is 11.3 Å². The van der Waals surface area contributed by atoms with E-state index in [1.807, 2.05) is 5.51 Å². The molecule has 1 saturated heterocycles. The molecule has 1 aliphatic rings. The van der Waals surface area contributed by atoms with Gasteiger partial charge in [-0.05, 0) is 6.42 Å². The monoisotopic (exact) mass is 375 g/mol. The van der Waals surface area contributed by atoms with Gasteiger partial charge in [-0.1, -0.05) is 20.8 Å². The zero-order chi connectivity index (χ0) is 18.6. The molecular formula is C19H29N5OS. The minimum atomic E-state index is -0.0823. The van der Waals surface area contributed by atoms with Crippen molar-refractivity contribution in [3.63, 3.8) is 0 Å². The van der Waals surface area contributed by atoms with Gasteiger partial charge in [0.1, 0.15) is 11.6 Å². The molecule has 1 aliphatic heterocycles. The average Bonchev–Trinajstić information content (AvgIpc) is 2.98. The lowest BCUT2D eigenvalue weighted by atomic mass is 9.95. The fourth-order valence-electron chi connectivity index (χ4n) is 3.11. The van der Waals surface area contributed by atoms with Crippen molar-refractivity contribution < 1.29 is 4.74 Å². The van der Waals surface area contributed by atoms with Crippen molar-refractivity contribution in [1.29, 1.82) is 0 Å². The van der Waals surface area contributed by atoms with E-state index in [0.717, 1.165) is 56.5 Å². The van der Waals surface area contributed by atoms with Crippen LogP contribution in [0.4, 0.5) is 5.82 Å². The van der Waals surface area contributed by atoms with Gasteiger partial charge in [0, 0.05) is 56.7 Å². The first-order valence-corrected chi connectivity index (χ1v) is 10.1. The van der Waals surface area contributed by atoms with Crippen LogP contribution in [0.25, 0.3) is 0 Å². The van der Waals surface area contributed by atoms with E-state index in [0.29, 0.717) is 6.61 Å². The summed E-state index contributed by atoms with van der Waals surface area (Å²) in [7, 11) is 1.71. The van der Waals surface area contributed by atoms with E-state index in [1.54, 1.807) is 18.4 Å². The van der Waals surface area contributed by atoms with Gasteiger partial charge in [0.25, 0.3) is 0 Å². The summed E-state index contributed by atoms with van der Waals surface area (Å²) < 4.78 is 5.32. The highest BCUT2D eigenvalue weighted by Crippen LogP contribution is 2.23. The lowest BCUT2D eigenvalue weighted by Crippen LogP contribution is -2.32. The van der Waals surface area contributed by atoms with Crippen LogP contribution in [0.3, 0.4) is 0 Å². The lowest BCUT2D eigenvalue weighted by Gasteiger charge is -2.25. The number of anilines is 1. The molecule has 26 heavy (non-hydrogen) atoms. The van der Waals surface area contributed by atoms with E-state index < -0.39 is 0 Å². The molecule has 1 fully saturated rings. The third-order valence-electron chi connectivity index (χ3n) is 4.51. The molecule has 0 unspecified atom stereocenters. The predicted molar refractivity (Wildman–Crippen MR) is 106 cm³/mol. The zero-order valence-electron chi connectivity index (χ0n) is 16.2. The van der Waals surface area contributed by atoms with Crippen molar-refractivity contribution in [3.8, 4) is 0 Å². The van der Waals surface area contributed by atoms with Crippen LogP contribution in [-0.4, -0.2) is 53.1 Å². The van der Waals surface area contributed by atoms with Crippen LogP contribution in [0.2, 0.25) is 0 Å². The van der Waals surface area contributed by atoms with E-state index >= 15 is 0 Å². The summed E-state index contributed by atoms with van der Waals surface area (Å²) in [5, 5.41) is 2.14. The fourth-order valence-corrected chi connectivity index (χ4v) is 3.65. The normalized spacial score (nSPS) is 16.7. The van der Waals surface area contributed by atoms with Gasteiger partial charge < -0.3 is 9.64 Å². The van der Waals surface area contributed by atoms with Gasteiger partial charge in [-0.2, -0.15) is 0 Å². The number of nitrogens with zero attached hydrogens (tertiary/aromatic N) is 5. The molecule has 0 radical (unpaired) electrons. The summed E-state index contributed by atoms with van der Waals surface area (Å²) in [4.78, 5) is 18.9. The number of rotatable bonds is 5. The average molecular weight is 376 g/mol. The fraction of sp³-hybridized carbons (Fsp3) is 0.632. The second-order valence-corrected chi connectivity index (χ2v) is 8.54. The maximum absolute atomic E-state index is 5.32. The quantitative estimate of drug-likeness (QED) is 0.800. The third kappa shape index (κ3) is 4.99. The topological polar surface area (TPSA) is 54.4 Å². The van der Waals surface area contributed by atoms with Crippen LogP contribution in [0.15, 0.2) is 17.0 Å². The van der Waals surface area contributed by atoms with Crippen molar-refractivity contribution in [2.75, 3.05) is 38.2 Å². The van der Waals surface area contributed by atoms with Gasteiger partial charge in [0.2, 0.25) is 0 Å². The van der Waals surface area contributed by atoms with E-state index in [2.05, 4.69) is 47.0 Å². The minimum absolute atomic E-state index is 0.0823. The standard InChI is InChI=1S/C19H29N5OS/c1-19(2,3)18-21-15(12-25-4)10-17(22-18)24-7-5-6-23(8-9-24)11-16-13-26-14-20-16/h10,13-14H,5-9,11-12H2,1-4H3. The van der Waals surface area contributed by atoms with E-state index in [1.165, 1.54) is 5.69 Å². The van der Waals surface area contributed by atoms with Gasteiger partial charge in [-0.3, -0.25) is 4.90 Å². The maximum atomic E-state index is 5.32. The van der Waals surface area contributed by atoms with Gasteiger partial charge in [0.15, 0.2) is 0 Å². The van der Waals surface area contributed by atoms with Crippen LogP contribution < -0.4 is 4.90 Å². The van der Waals surface area contributed by atoms with Crippen molar-refractivity contribution in [2.45, 2.75) is 45.8 Å². The Hall–Kier alpha value is -1.57. The largest absolute Gasteiger partial charge is 0.378 e. The Morgan fingerprint density at radius 1 is 1.12 bits per heavy atom. The van der Waals surface area contributed by atoms with Gasteiger partial charge in [0.05, 0.1) is 23.5 Å². The number of ether oxygens (including phenoxy) is 1. The number of methoxy groups -OCH3 is 1. The number of hydrogen-bond donors (Lipinski definition) is 0. The first-order valence-electron chi connectivity index (χ1n) is 9.17. The molecule has 6 nitrogen and oxygen atoms in total. The Balaban J connectivity index is 1.74. The molecule has 0 aliphatic carbocycles. The first kappa shape index (κ1) is 19.2. The Morgan fingerprint density at radius 3 is 2.65 bits per heavy atom. The number of aromatic nitrogens is 3. The van der Waals surface area contributed by atoms with Crippen molar-refractivity contribution in [3.05, 3.63) is 34.2 Å². The van der Waals surface area contributed by atoms with Gasteiger partial charge >= 0.3 is 0 Å². The highest BCUT2D eigenvalue weighted by molar-refractivity contribution is 7.07. The highest BCUT2D eigenvalue weighted by Gasteiger charge is 2.22. The minimum Gasteiger partial charge on any atom is -0.378 e. The molecule has 0 atom stereocenters. The Kier molecular flexibility index (Phi) is 6.21. The summed E-state index contributed by atoms with van der Waals surface area (Å²) in [5.41, 5.74) is 3.95. The molecular weight excluding hydrogens is 346 g/mol. The first-order chi connectivity index (χ1) is 12.5. The Morgan fingerprint density at radius 2 is 1.96 bits per heavy atom. The van der Waals surface area contributed by atoms with Crippen LogP contribution in [0, 0.1) is 0 Å². The summed E-state index contributed by atoms with van der Waals surface area (Å²) >= 11 is 1.66. The molecule has 0 saturated carbocycles. The number of hydrogen-bond acceptors (Lipinski definition) is 7. The second kappa shape index (κ2) is 8.41. The molecule has 7 heteroatoms. The van der Waals surface area contributed by atoms with Crippen LogP contribution in [0.5, 0.6) is 0 Å². The SMILES string of the molecule is COCc1cc(N2CCCN(Cc3cscn3)CC2)nc(C(C)(C)C)n1. The second-order valence-electron chi connectivity index (χ2n) is 7.82. The van der Waals surface area contributed by atoms with E-state index in [-0.39, 0.29) is 5.41 Å². The van der Waals surface area contributed by atoms with Crippen molar-refractivity contribution >= 4 is 17.2 Å².